The van der Waals surface area contributed by atoms with Crippen LogP contribution in [0.25, 0.3) is 0 Å². The maximum atomic E-state index is 13.6. The van der Waals surface area contributed by atoms with E-state index in [1.165, 1.54) is 11.6 Å². The number of rotatable bonds is 5. The molecule has 1 fully saturated rings. The van der Waals surface area contributed by atoms with Crippen LogP contribution in [0.5, 0.6) is 0 Å². The average Bonchev–Trinajstić information content (AvgIpc) is 2.99. The first kappa shape index (κ1) is 16.7. The Morgan fingerprint density at radius 3 is 2.58 bits per heavy atom. The fourth-order valence-electron chi connectivity index (χ4n) is 3.46. The summed E-state index contributed by atoms with van der Waals surface area (Å²) in [7, 11) is 2.04. The molecule has 1 amide bonds. The van der Waals surface area contributed by atoms with E-state index >= 15 is 0 Å². The maximum Gasteiger partial charge on any atom is 0.225 e. The lowest BCUT2D eigenvalue weighted by molar-refractivity contribution is -0.124. The van der Waals surface area contributed by atoms with Gasteiger partial charge in [-0.3, -0.25) is 4.79 Å². The van der Waals surface area contributed by atoms with Gasteiger partial charge in [-0.15, -0.1) is 0 Å². The molecule has 0 unspecified atom stereocenters. The van der Waals surface area contributed by atoms with Crippen molar-refractivity contribution in [1.82, 2.24) is 10.2 Å². The Labute approximate surface area is 142 Å². The van der Waals surface area contributed by atoms with Crippen LogP contribution < -0.4 is 5.32 Å². The van der Waals surface area contributed by atoms with Gasteiger partial charge in [0.15, 0.2) is 0 Å². The van der Waals surface area contributed by atoms with Crippen molar-refractivity contribution in [3.8, 4) is 0 Å². The first-order valence-electron chi connectivity index (χ1n) is 8.40. The molecule has 24 heavy (non-hydrogen) atoms. The second-order valence-electron chi connectivity index (χ2n) is 6.48. The van der Waals surface area contributed by atoms with Crippen molar-refractivity contribution in [3.05, 3.63) is 71.5 Å². The number of nitrogens with zero attached hydrogens (tertiary/aromatic N) is 1. The van der Waals surface area contributed by atoms with Crippen LogP contribution in [0, 0.1) is 11.7 Å². The average molecular weight is 326 g/mol. The van der Waals surface area contributed by atoms with E-state index in [1.54, 1.807) is 12.1 Å². The van der Waals surface area contributed by atoms with Crippen LogP contribution in [0.1, 0.15) is 17.0 Å². The lowest BCUT2D eigenvalue weighted by Gasteiger charge is -2.18. The highest BCUT2D eigenvalue weighted by atomic mass is 19.1. The minimum Gasteiger partial charge on any atom is -0.355 e. The normalized spacial score (nSPS) is 20.9. The van der Waals surface area contributed by atoms with E-state index in [1.807, 2.05) is 31.3 Å². The Morgan fingerprint density at radius 2 is 1.83 bits per heavy atom. The van der Waals surface area contributed by atoms with E-state index < -0.39 is 0 Å². The highest BCUT2D eigenvalue weighted by Crippen LogP contribution is 2.31. The smallest absolute Gasteiger partial charge is 0.225 e. The van der Waals surface area contributed by atoms with Gasteiger partial charge >= 0.3 is 0 Å². The number of halogens is 1. The summed E-state index contributed by atoms with van der Waals surface area (Å²) in [6.07, 6.45) is 0.511. The fraction of sp³-hybridized carbons (Fsp3) is 0.350. The van der Waals surface area contributed by atoms with Gasteiger partial charge in [0.2, 0.25) is 5.91 Å². The molecule has 1 aliphatic rings. The van der Waals surface area contributed by atoms with Crippen molar-refractivity contribution >= 4 is 5.91 Å². The predicted octanol–water partition coefficient (Wildman–Crippen LogP) is 2.83. The number of nitrogens with one attached hydrogen (secondary N) is 1. The minimum atomic E-state index is -0.213. The van der Waals surface area contributed by atoms with Crippen LogP contribution in [0.4, 0.5) is 4.39 Å². The summed E-state index contributed by atoms with van der Waals surface area (Å²) < 4.78 is 13.6. The molecule has 1 saturated heterocycles. The van der Waals surface area contributed by atoms with Gasteiger partial charge in [0, 0.05) is 25.6 Å². The molecule has 4 heteroatoms. The molecule has 126 valence electrons. The molecule has 0 aromatic heterocycles. The van der Waals surface area contributed by atoms with Gasteiger partial charge < -0.3 is 10.2 Å². The number of hydrogen-bond acceptors (Lipinski definition) is 2. The van der Waals surface area contributed by atoms with Crippen molar-refractivity contribution in [2.24, 2.45) is 5.92 Å². The van der Waals surface area contributed by atoms with E-state index in [9.17, 15) is 9.18 Å². The second kappa shape index (κ2) is 7.58. The Morgan fingerprint density at radius 1 is 1.12 bits per heavy atom. The van der Waals surface area contributed by atoms with E-state index in [0.29, 0.717) is 18.5 Å². The molecular formula is C20H23FN2O. The third-order valence-corrected chi connectivity index (χ3v) is 4.72. The zero-order valence-electron chi connectivity index (χ0n) is 13.9. The number of likely N-dealkylation sites (N-methyl/N-ethyl adjacent to an activating group) is 1. The van der Waals surface area contributed by atoms with Gasteiger partial charge in [-0.1, -0.05) is 48.5 Å². The summed E-state index contributed by atoms with van der Waals surface area (Å²) in [6.45, 7) is 2.10. The molecule has 0 saturated carbocycles. The van der Waals surface area contributed by atoms with Crippen LogP contribution in [-0.2, 0) is 11.2 Å². The monoisotopic (exact) mass is 326 g/mol. The lowest BCUT2D eigenvalue weighted by Crippen LogP contribution is -2.35. The number of amides is 1. The van der Waals surface area contributed by atoms with Crippen molar-refractivity contribution in [2.75, 3.05) is 26.7 Å². The molecule has 3 rings (SSSR count). The maximum absolute atomic E-state index is 13.6. The van der Waals surface area contributed by atoms with Crippen LogP contribution in [0.3, 0.4) is 0 Å². The topological polar surface area (TPSA) is 32.3 Å². The van der Waals surface area contributed by atoms with Gasteiger partial charge in [0.1, 0.15) is 5.82 Å². The third kappa shape index (κ3) is 3.82. The van der Waals surface area contributed by atoms with E-state index in [-0.39, 0.29) is 23.6 Å². The molecule has 0 bridgehead atoms. The van der Waals surface area contributed by atoms with Crippen LogP contribution in [0.2, 0.25) is 0 Å². The van der Waals surface area contributed by atoms with Crippen LogP contribution >= 0.6 is 0 Å². The number of carbonyl (C=O) groups excluding carboxylic acids is 1. The molecule has 2 aromatic rings. The highest BCUT2D eigenvalue weighted by Gasteiger charge is 2.36. The Bertz CT molecular complexity index is 689. The highest BCUT2D eigenvalue weighted by molar-refractivity contribution is 5.80. The number of benzene rings is 2. The molecular weight excluding hydrogens is 303 g/mol. The van der Waals surface area contributed by atoms with Gasteiger partial charge in [-0.05, 0) is 30.7 Å². The molecule has 1 aliphatic heterocycles. The summed E-state index contributed by atoms with van der Waals surface area (Å²) in [5.41, 5.74) is 1.84. The zero-order valence-corrected chi connectivity index (χ0v) is 13.9. The Kier molecular flexibility index (Phi) is 5.26. The van der Waals surface area contributed by atoms with Crippen molar-refractivity contribution in [3.63, 3.8) is 0 Å². The van der Waals surface area contributed by atoms with Gasteiger partial charge in [-0.25, -0.2) is 4.39 Å². The Hall–Kier alpha value is -2.20. The standard InChI is InChI=1S/C20H23FN2O/c1-23-13-17(15-7-3-2-4-8-15)18(14-23)20(24)22-12-11-16-9-5-6-10-19(16)21/h2-10,17-18H,11-14H2,1H3,(H,22,24)/t17-,18+/m0/s1. The van der Waals surface area contributed by atoms with Crippen LogP contribution in [0.15, 0.2) is 54.6 Å². The first-order valence-corrected chi connectivity index (χ1v) is 8.40. The molecule has 3 nitrogen and oxygen atoms in total. The summed E-state index contributed by atoms with van der Waals surface area (Å²) in [6, 6.07) is 16.9. The number of carbonyl (C=O) groups is 1. The predicted molar refractivity (Wildman–Crippen MR) is 93.3 cm³/mol. The number of likely N-dealkylation sites (tertiary alicyclic amines) is 1. The lowest BCUT2D eigenvalue weighted by atomic mass is 9.88. The largest absolute Gasteiger partial charge is 0.355 e. The summed E-state index contributed by atoms with van der Waals surface area (Å²) in [4.78, 5) is 14.8. The van der Waals surface area contributed by atoms with E-state index in [0.717, 1.165) is 13.1 Å². The number of hydrogen-bond donors (Lipinski definition) is 1. The SMILES string of the molecule is CN1C[C@@H](C(=O)NCCc2ccccc2F)[C@H](c2ccccc2)C1. The van der Waals surface area contributed by atoms with Crippen molar-refractivity contribution in [2.45, 2.75) is 12.3 Å². The molecule has 1 heterocycles. The van der Waals surface area contributed by atoms with Gasteiger partial charge in [-0.2, -0.15) is 0 Å². The summed E-state index contributed by atoms with van der Waals surface area (Å²) >= 11 is 0. The Balaban J connectivity index is 1.60. The third-order valence-electron chi connectivity index (χ3n) is 4.72. The minimum absolute atomic E-state index is 0.0574. The molecule has 1 N–H and O–H groups in total. The van der Waals surface area contributed by atoms with E-state index in [4.69, 9.17) is 0 Å². The summed E-state index contributed by atoms with van der Waals surface area (Å²) in [5.74, 6) is 0.00161. The molecule has 2 atom stereocenters. The molecule has 0 aliphatic carbocycles. The van der Waals surface area contributed by atoms with Crippen molar-refractivity contribution in [1.29, 1.82) is 0 Å². The fourth-order valence-corrected chi connectivity index (χ4v) is 3.46. The molecule has 2 aromatic carbocycles. The van der Waals surface area contributed by atoms with Crippen molar-refractivity contribution < 1.29 is 9.18 Å². The van der Waals surface area contributed by atoms with Gasteiger partial charge in [0.25, 0.3) is 0 Å². The molecule has 0 radical (unpaired) electrons. The second-order valence-corrected chi connectivity index (χ2v) is 6.48. The van der Waals surface area contributed by atoms with Crippen LogP contribution in [-0.4, -0.2) is 37.5 Å². The van der Waals surface area contributed by atoms with Gasteiger partial charge in [0.05, 0.1) is 5.92 Å². The quantitative estimate of drug-likeness (QED) is 0.916. The van der Waals surface area contributed by atoms with E-state index in [2.05, 4.69) is 22.3 Å². The summed E-state index contributed by atoms with van der Waals surface area (Å²) in [5, 5.41) is 2.99. The zero-order chi connectivity index (χ0) is 16.9. The molecule has 0 spiro atoms. The first-order chi connectivity index (χ1) is 11.6.